The number of hydrogen-bond acceptors (Lipinski definition) is 3. The Labute approximate surface area is 122 Å². The Kier molecular flexibility index (Phi) is 5.70. The molecule has 0 aromatic heterocycles. The minimum Gasteiger partial charge on any atom is -0.316 e. The van der Waals surface area contributed by atoms with E-state index in [1.807, 2.05) is 6.92 Å². The van der Waals surface area contributed by atoms with Crippen LogP contribution in [-0.2, 0) is 10.0 Å². The predicted octanol–water partition coefficient (Wildman–Crippen LogP) is 2.53. The summed E-state index contributed by atoms with van der Waals surface area (Å²) in [5, 5.41) is 3.19. The van der Waals surface area contributed by atoms with E-state index in [2.05, 4.69) is 10.0 Å². The highest BCUT2D eigenvalue weighted by Crippen LogP contribution is 2.32. The van der Waals surface area contributed by atoms with E-state index in [0.717, 1.165) is 0 Å². The van der Waals surface area contributed by atoms with Gasteiger partial charge < -0.3 is 5.32 Å². The molecule has 102 valence electrons. The Morgan fingerprint density at radius 1 is 1.22 bits per heavy atom. The highest BCUT2D eigenvalue weighted by molar-refractivity contribution is 7.89. The first kappa shape index (κ1) is 16.0. The predicted molar refractivity (Wildman–Crippen MR) is 75.2 cm³/mol. The molecule has 1 unspecified atom stereocenters. The first-order valence-electron chi connectivity index (χ1n) is 5.09. The Morgan fingerprint density at radius 2 is 1.72 bits per heavy atom. The second-order valence-electron chi connectivity index (χ2n) is 3.74. The van der Waals surface area contributed by atoms with Crippen LogP contribution in [0.2, 0.25) is 15.1 Å². The molecule has 0 heterocycles. The average molecular weight is 332 g/mol. The van der Waals surface area contributed by atoms with Gasteiger partial charge in [-0.2, -0.15) is 0 Å². The van der Waals surface area contributed by atoms with Crippen LogP contribution in [0, 0.1) is 0 Å². The molecule has 4 nitrogen and oxygen atoms in total. The summed E-state index contributed by atoms with van der Waals surface area (Å²) >= 11 is 17.5. The summed E-state index contributed by atoms with van der Waals surface area (Å²) < 4.78 is 26.5. The lowest BCUT2D eigenvalue weighted by molar-refractivity contribution is 0.554. The molecule has 1 rings (SSSR count). The molecule has 0 amide bonds. The fourth-order valence-electron chi connectivity index (χ4n) is 1.19. The molecule has 0 radical (unpaired) electrons. The molecule has 0 fully saturated rings. The summed E-state index contributed by atoms with van der Waals surface area (Å²) in [5.74, 6) is 0. The quantitative estimate of drug-likeness (QED) is 0.871. The summed E-state index contributed by atoms with van der Waals surface area (Å²) in [6.07, 6.45) is 0. The van der Waals surface area contributed by atoms with Gasteiger partial charge in [0.25, 0.3) is 0 Å². The van der Waals surface area contributed by atoms with Crippen molar-refractivity contribution in [2.45, 2.75) is 17.9 Å². The van der Waals surface area contributed by atoms with Gasteiger partial charge in [0, 0.05) is 17.6 Å². The van der Waals surface area contributed by atoms with Gasteiger partial charge in [-0.3, -0.25) is 0 Å². The van der Waals surface area contributed by atoms with Gasteiger partial charge in [0.2, 0.25) is 10.0 Å². The number of benzene rings is 1. The smallest absolute Gasteiger partial charge is 0.243 e. The fourth-order valence-corrected chi connectivity index (χ4v) is 3.87. The average Bonchev–Trinajstić information content (AvgIpc) is 2.24. The van der Waals surface area contributed by atoms with Crippen molar-refractivity contribution in [3.05, 3.63) is 27.2 Å². The van der Waals surface area contributed by atoms with Gasteiger partial charge in [0.15, 0.2) is 0 Å². The number of rotatable bonds is 5. The van der Waals surface area contributed by atoms with E-state index < -0.39 is 10.0 Å². The third-order valence-corrected chi connectivity index (χ3v) is 4.87. The molecule has 0 aliphatic carbocycles. The van der Waals surface area contributed by atoms with Crippen LogP contribution in [0.5, 0.6) is 0 Å². The molecule has 1 atom stereocenters. The monoisotopic (exact) mass is 330 g/mol. The lowest BCUT2D eigenvalue weighted by Gasteiger charge is -2.13. The van der Waals surface area contributed by atoms with Gasteiger partial charge in [-0.25, -0.2) is 13.1 Å². The minimum absolute atomic E-state index is 0.00268. The molecule has 1 aromatic rings. The van der Waals surface area contributed by atoms with E-state index in [1.165, 1.54) is 12.1 Å². The first-order chi connectivity index (χ1) is 8.27. The van der Waals surface area contributed by atoms with Gasteiger partial charge in [-0.05, 0) is 26.1 Å². The van der Waals surface area contributed by atoms with E-state index in [-0.39, 0.29) is 32.5 Å². The van der Waals surface area contributed by atoms with Crippen molar-refractivity contribution in [3.8, 4) is 0 Å². The SMILES string of the molecule is CNC(C)CNS(=O)(=O)c1c(Cl)cc(Cl)cc1Cl. The number of nitrogens with one attached hydrogen (secondary N) is 2. The highest BCUT2D eigenvalue weighted by Gasteiger charge is 2.22. The summed E-state index contributed by atoms with van der Waals surface area (Å²) in [7, 11) is -2.02. The van der Waals surface area contributed by atoms with Crippen molar-refractivity contribution < 1.29 is 8.42 Å². The largest absolute Gasteiger partial charge is 0.316 e. The van der Waals surface area contributed by atoms with Crippen molar-refractivity contribution in [1.29, 1.82) is 0 Å². The summed E-state index contributed by atoms with van der Waals surface area (Å²) in [6, 6.07) is 2.67. The summed E-state index contributed by atoms with van der Waals surface area (Å²) in [6.45, 7) is 2.07. The third-order valence-electron chi connectivity index (χ3n) is 2.30. The molecule has 0 spiro atoms. The van der Waals surface area contributed by atoms with E-state index in [0.29, 0.717) is 0 Å². The first-order valence-corrected chi connectivity index (χ1v) is 7.71. The Bertz CT molecular complexity index is 511. The number of sulfonamides is 1. The van der Waals surface area contributed by atoms with Crippen LogP contribution in [0.4, 0.5) is 0 Å². The number of likely N-dealkylation sites (N-methyl/N-ethyl adjacent to an activating group) is 1. The van der Waals surface area contributed by atoms with Crippen molar-refractivity contribution in [3.63, 3.8) is 0 Å². The van der Waals surface area contributed by atoms with Crippen molar-refractivity contribution >= 4 is 44.8 Å². The lowest BCUT2D eigenvalue weighted by atomic mass is 10.3. The Hall–Kier alpha value is -0.0400. The topological polar surface area (TPSA) is 58.2 Å². The number of hydrogen-bond donors (Lipinski definition) is 2. The second-order valence-corrected chi connectivity index (χ2v) is 6.69. The van der Waals surface area contributed by atoms with Gasteiger partial charge >= 0.3 is 0 Å². The van der Waals surface area contributed by atoms with Gasteiger partial charge in [-0.15, -0.1) is 0 Å². The Morgan fingerprint density at radius 3 is 2.17 bits per heavy atom. The highest BCUT2D eigenvalue weighted by atomic mass is 35.5. The van der Waals surface area contributed by atoms with E-state index in [1.54, 1.807) is 7.05 Å². The van der Waals surface area contributed by atoms with E-state index >= 15 is 0 Å². The van der Waals surface area contributed by atoms with Crippen LogP contribution in [0.1, 0.15) is 6.92 Å². The third kappa shape index (κ3) is 3.98. The van der Waals surface area contributed by atoms with Crippen LogP contribution in [0.15, 0.2) is 17.0 Å². The van der Waals surface area contributed by atoms with E-state index in [4.69, 9.17) is 34.8 Å². The molecule has 18 heavy (non-hydrogen) atoms. The van der Waals surface area contributed by atoms with E-state index in [9.17, 15) is 8.42 Å². The zero-order valence-electron chi connectivity index (χ0n) is 9.80. The molecular weight excluding hydrogens is 319 g/mol. The van der Waals surface area contributed by atoms with Gasteiger partial charge in [0.1, 0.15) is 4.90 Å². The lowest BCUT2D eigenvalue weighted by Crippen LogP contribution is -2.37. The van der Waals surface area contributed by atoms with Crippen molar-refractivity contribution in [2.75, 3.05) is 13.6 Å². The van der Waals surface area contributed by atoms with Crippen LogP contribution in [0.25, 0.3) is 0 Å². The maximum absolute atomic E-state index is 12.1. The van der Waals surface area contributed by atoms with Gasteiger partial charge in [-0.1, -0.05) is 34.8 Å². The standard InChI is InChI=1S/C10H13Cl3N2O2S/c1-6(14-2)5-15-18(16,17)10-8(12)3-7(11)4-9(10)13/h3-4,6,14-15H,5H2,1-2H3. The maximum atomic E-state index is 12.1. The molecule has 2 N–H and O–H groups in total. The van der Waals surface area contributed by atoms with Crippen LogP contribution in [0.3, 0.4) is 0 Å². The second kappa shape index (κ2) is 6.41. The van der Waals surface area contributed by atoms with Gasteiger partial charge in [0.05, 0.1) is 10.0 Å². The molecule has 0 aliphatic rings. The van der Waals surface area contributed by atoms with Crippen LogP contribution < -0.4 is 10.0 Å². The summed E-state index contributed by atoms with van der Waals surface area (Å²) in [5.41, 5.74) is 0. The zero-order valence-corrected chi connectivity index (χ0v) is 12.9. The molecule has 0 saturated carbocycles. The minimum atomic E-state index is -3.76. The molecule has 0 bridgehead atoms. The normalized spacial score (nSPS) is 13.6. The van der Waals surface area contributed by atoms with Crippen molar-refractivity contribution in [2.24, 2.45) is 0 Å². The molecule has 8 heteroatoms. The van der Waals surface area contributed by atoms with Crippen molar-refractivity contribution in [1.82, 2.24) is 10.0 Å². The van der Waals surface area contributed by atoms with Crippen LogP contribution >= 0.6 is 34.8 Å². The Balaban J connectivity index is 3.06. The van der Waals surface area contributed by atoms with Crippen LogP contribution in [-0.4, -0.2) is 28.1 Å². The molecule has 0 saturated heterocycles. The molecule has 0 aliphatic heterocycles. The maximum Gasteiger partial charge on any atom is 0.243 e. The molecule has 1 aromatic carbocycles. The summed E-state index contributed by atoms with van der Waals surface area (Å²) in [4.78, 5) is -0.154. The number of halogens is 3. The zero-order chi connectivity index (χ0) is 13.9. The fraction of sp³-hybridized carbons (Fsp3) is 0.400. The molecular formula is C10H13Cl3N2O2S.